The maximum absolute atomic E-state index is 13.1. The van der Waals surface area contributed by atoms with E-state index in [1.54, 1.807) is 12.1 Å². The summed E-state index contributed by atoms with van der Waals surface area (Å²) in [6.07, 6.45) is 0.475. The van der Waals surface area contributed by atoms with Crippen molar-refractivity contribution >= 4 is 16.9 Å². The number of likely N-dealkylation sites (tertiary alicyclic amines) is 1. The number of rotatable bonds is 5. The van der Waals surface area contributed by atoms with Crippen LogP contribution in [0.15, 0.2) is 48.5 Å². The van der Waals surface area contributed by atoms with Gasteiger partial charge in [0.15, 0.2) is 0 Å². The largest absolute Gasteiger partial charge is 0.338 e. The lowest BCUT2D eigenvalue weighted by Gasteiger charge is -2.18. The molecule has 1 aliphatic rings. The van der Waals surface area contributed by atoms with Gasteiger partial charge in [-0.15, -0.1) is 0 Å². The molecule has 3 aromatic rings. The van der Waals surface area contributed by atoms with Crippen molar-refractivity contribution < 1.29 is 9.18 Å². The Morgan fingerprint density at radius 3 is 2.63 bits per heavy atom. The van der Waals surface area contributed by atoms with Crippen LogP contribution in [0.4, 0.5) is 4.39 Å². The van der Waals surface area contributed by atoms with Crippen molar-refractivity contribution in [3.05, 3.63) is 65.7 Å². The minimum absolute atomic E-state index is 0.0871. The fourth-order valence-electron chi connectivity index (χ4n) is 3.87. The van der Waals surface area contributed by atoms with E-state index in [1.807, 2.05) is 23.1 Å². The van der Waals surface area contributed by atoms with Crippen molar-refractivity contribution in [3.8, 4) is 0 Å². The third-order valence-electron chi connectivity index (χ3n) is 5.10. The summed E-state index contributed by atoms with van der Waals surface area (Å²) >= 11 is 0. The summed E-state index contributed by atoms with van der Waals surface area (Å²) in [5.74, 6) is 1.46. The second-order valence-electron chi connectivity index (χ2n) is 7.76. The zero-order valence-electron chi connectivity index (χ0n) is 15.7. The van der Waals surface area contributed by atoms with E-state index in [0.717, 1.165) is 29.0 Å². The average molecular weight is 365 g/mol. The Hall–Kier alpha value is -2.69. The highest BCUT2D eigenvalue weighted by atomic mass is 19.1. The summed E-state index contributed by atoms with van der Waals surface area (Å²) in [7, 11) is 0. The molecule has 27 heavy (non-hydrogen) atoms. The number of carbonyl (C=O) groups is 1. The van der Waals surface area contributed by atoms with E-state index in [1.165, 1.54) is 12.1 Å². The number of amides is 1. The number of benzene rings is 2. The van der Waals surface area contributed by atoms with Crippen molar-refractivity contribution in [1.82, 2.24) is 14.5 Å². The van der Waals surface area contributed by atoms with Gasteiger partial charge < -0.3 is 9.47 Å². The number of aromatic nitrogens is 2. The summed E-state index contributed by atoms with van der Waals surface area (Å²) in [4.78, 5) is 19.3. The standard InChI is InChI=1S/C22H24FN3O/c1-15(2)12-26-20-6-4-3-5-19(20)24-22(26)17-11-21(27)25(14-17)13-16-7-9-18(23)10-8-16/h3-10,15,17H,11-14H2,1-2H3/t17-/m0/s1. The van der Waals surface area contributed by atoms with Gasteiger partial charge in [-0.25, -0.2) is 9.37 Å². The molecule has 0 spiro atoms. The molecule has 4 nitrogen and oxygen atoms in total. The second-order valence-corrected chi connectivity index (χ2v) is 7.76. The van der Waals surface area contributed by atoms with Gasteiger partial charge in [-0.05, 0) is 35.7 Å². The molecule has 1 amide bonds. The van der Waals surface area contributed by atoms with Crippen LogP contribution < -0.4 is 0 Å². The first kappa shape index (κ1) is 17.7. The number of hydrogen-bond acceptors (Lipinski definition) is 2. The van der Waals surface area contributed by atoms with Crippen molar-refractivity contribution in [2.45, 2.75) is 39.3 Å². The van der Waals surface area contributed by atoms with Crippen LogP contribution in [-0.2, 0) is 17.9 Å². The van der Waals surface area contributed by atoms with Crippen LogP contribution in [0.25, 0.3) is 11.0 Å². The third kappa shape index (κ3) is 3.59. The lowest BCUT2D eigenvalue weighted by Crippen LogP contribution is -2.24. The van der Waals surface area contributed by atoms with Crippen LogP contribution in [0, 0.1) is 11.7 Å². The molecule has 2 heterocycles. The molecule has 0 unspecified atom stereocenters. The Morgan fingerprint density at radius 2 is 1.89 bits per heavy atom. The number of para-hydroxylation sites is 2. The predicted molar refractivity (Wildman–Crippen MR) is 104 cm³/mol. The molecule has 0 bridgehead atoms. The number of nitrogens with zero attached hydrogens (tertiary/aromatic N) is 3. The van der Waals surface area contributed by atoms with E-state index < -0.39 is 0 Å². The first-order chi connectivity index (χ1) is 13.0. The Labute approximate surface area is 158 Å². The molecule has 1 aromatic heterocycles. The summed E-state index contributed by atoms with van der Waals surface area (Å²) < 4.78 is 15.4. The fourth-order valence-corrected chi connectivity index (χ4v) is 3.87. The maximum Gasteiger partial charge on any atom is 0.223 e. The molecule has 5 heteroatoms. The molecule has 0 saturated carbocycles. The number of halogens is 1. The van der Waals surface area contributed by atoms with Crippen LogP contribution in [0.3, 0.4) is 0 Å². The first-order valence-corrected chi connectivity index (χ1v) is 9.48. The zero-order chi connectivity index (χ0) is 19.0. The lowest BCUT2D eigenvalue weighted by atomic mass is 10.1. The first-order valence-electron chi connectivity index (χ1n) is 9.48. The quantitative estimate of drug-likeness (QED) is 0.674. The number of fused-ring (bicyclic) bond motifs is 1. The molecule has 140 valence electrons. The molecule has 4 rings (SSSR count). The van der Waals surface area contributed by atoms with Gasteiger partial charge in [0.05, 0.1) is 11.0 Å². The van der Waals surface area contributed by atoms with E-state index in [0.29, 0.717) is 25.4 Å². The molecule has 2 aromatic carbocycles. The molecule has 1 atom stereocenters. The maximum atomic E-state index is 13.1. The van der Waals surface area contributed by atoms with Crippen LogP contribution in [0.5, 0.6) is 0 Å². The van der Waals surface area contributed by atoms with Crippen molar-refractivity contribution in [2.75, 3.05) is 6.54 Å². The Balaban J connectivity index is 1.60. The van der Waals surface area contributed by atoms with Gasteiger partial charge in [0.2, 0.25) is 5.91 Å². The van der Waals surface area contributed by atoms with Crippen molar-refractivity contribution in [1.29, 1.82) is 0 Å². The van der Waals surface area contributed by atoms with Gasteiger partial charge in [-0.3, -0.25) is 4.79 Å². The lowest BCUT2D eigenvalue weighted by molar-refractivity contribution is -0.128. The summed E-state index contributed by atoms with van der Waals surface area (Å²) in [6.45, 7) is 6.44. The number of hydrogen-bond donors (Lipinski definition) is 0. The van der Waals surface area contributed by atoms with E-state index >= 15 is 0 Å². The van der Waals surface area contributed by atoms with Gasteiger partial charge in [-0.1, -0.05) is 38.1 Å². The highest BCUT2D eigenvalue weighted by molar-refractivity contribution is 5.81. The van der Waals surface area contributed by atoms with E-state index in [9.17, 15) is 9.18 Å². The van der Waals surface area contributed by atoms with Gasteiger partial charge in [0.25, 0.3) is 0 Å². The average Bonchev–Trinajstić information content (AvgIpc) is 3.18. The molecule has 0 aliphatic carbocycles. The smallest absolute Gasteiger partial charge is 0.223 e. The molecule has 0 radical (unpaired) electrons. The molecule has 1 fully saturated rings. The highest BCUT2D eigenvalue weighted by Crippen LogP contribution is 2.31. The third-order valence-corrected chi connectivity index (χ3v) is 5.10. The van der Waals surface area contributed by atoms with Crippen LogP contribution in [0.1, 0.15) is 37.6 Å². The van der Waals surface area contributed by atoms with E-state index in [2.05, 4.69) is 24.5 Å². The van der Waals surface area contributed by atoms with E-state index in [4.69, 9.17) is 4.98 Å². The van der Waals surface area contributed by atoms with E-state index in [-0.39, 0.29) is 17.6 Å². The number of carbonyl (C=O) groups excluding carboxylic acids is 1. The number of imidazole rings is 1. The van der Waals surface area contributed by atoms with Crippen molar-refractivity contribution in [3.63, 3.8) is 0 Å². The van der Waals surface area contributed by atoms with Gasteiger partial charge in [-0.2, -0.15) is 0 Å². The molecular weight excluding hydrogens is 341 g/mol. The molecule has 1 saturated heterocycles. The minimum Gasteiger partial charge on any atom is -0.338 e. The molecule has 1 aliphatic heterocycles. The Kier molecular flexibility index (Phi) is 4.68. The Bertz CT molecular complexity index is 961. The van der Waals surface area contributed by atoms with Gasteiger partial charge >= 0.3 is 0 Å². The molecular formula is C22H24FN3O. The Morgan fingerprint density at radius 1 is 1.15 bits per heavy atom. The van der Waals surface area contributed by atoms with Crippen LogP contribution in [-0.4, -0.2) is 26.9 Å². The predicted octanol–water partition coefficient (Wildman–Crippen LogP) is 4.35. The van der Waals surface area contributed by atoms with Crippen LogP contribution in [0.2, 0.25) is 0 Å². The SMILES string of the molecule is CC(C)Cn1c([C@H]2CC(=O)N(Cc3ccc(F)cc3)C2)nc2ccccc21. The van der Waals surface area contributed by atoms with Crippen molar-refractivity contribution in [2.24, 2.45) is 5.92 Å². The highest BCUT2D eigenvalue weighted by Gasteiger charge is 2.34. The summed E-state index contributed by atoms with van der Waals surface area (Å²) in [5, 5.41) is 0. The molecule has 0 N–H and O–H groups in total. The normalized spacial score (nSPS) is 17.4. The van der Waals surface area contributed by atoms with Crippen LogP contribution >= 0.6 is 0 Å². The van der Waals surface area contributed by atoms with Gasteiger partial charge in [0.1, 0.15) is 11.6 Å². The minimum atomic E-state index is -0.258. The topological polar surface area (TPSA) is 38.1 Å². The fraction of sp³-hybridized carbons (Fsp3) is 0.364. The monoisotopic (exact) mass is 365 g/mol. The summed E-state index contributed by atoms with van der Waals surface area (Å²) in [6, 6.07) is 14.5. The zero-order valence-corrected chi connectivity index (χ0v) is 15.7. The summed E-state index contributed by atoms with van der Waals surface area (Å²) in [5.41, 5.74) is 3.06. The second kappa shape index (κ2) is 7.14. The van der Waals surface area contributed by atoms with Gasteiger partial charge in [0, 0.05) is 32.0 Å².